The summed E-state index contributed by atoms with van der Waals surface area (Å²) >= 11 is 1.91. The second kappa shape index (κ2) is 12.5. The Morgan fingerprint density at radius 2 is 0.983 bits per heavy atom. The fraction of sp³-hybridized carbons (Fsp3) is 0.0545. The number of hydrogen-bond acceptors (Lipinski definition) is 3. The van der Waals surface area contributed by atoms with Gasteiger partial charge in [0.15, 0.2) is 0 Å². The van der Waals surface area contributed by atoms with Crippen LogP contribution in [0.5, 0.6) is 0 Å². The van der Waals surface area contributed by atoms with Gasteiger partial charge in [-0.3, -0.25) is 9.97 Å². The molecule has 0 amide bonds. The second-order valence-corrected chi connectivity index (χ2v) is 17.1. The minimum atomic E-state index is -0.400. The molecule has 2 aliphatic carbocycles. The van der Waals surface area contributed by atoms with Crippen molar-refractivity contribution in [3.8, 4) is 39.3 Å². The highest BCUT2D eigenvalue weighted by molar-refractivity contribution is 7.99. The van der Waals surface area contributed by atoms with Crippen molar-refractivity contribution in [1.82, 2.24) is 14.5 Å². The Kier molecular flexibility index (Phi) is 6.99. The van der Waals surface area contributed by atoms with Gasteiger partial charge in [-0.25, -0.2) is 0 Å². The highest BCUT2D eigenvalue weighted by atomic mass is 32.2. The lowest BCUT2D eigenvalue weighted by Gasteiger charge is -2.31. The van der Waals surface area contributed by atoms with E-state index in [2.05, 4.69) is 180 Å². The molecule has 0 fully saturated rings. The third-order valence-electron chi connectivity index (χ3n) is 13.0. The number of benzene rings is 7. The zero-order valence-electron chi connectivity index (χ0n) is 32.1. The Morgan fingerprint density at radius 1 is 0.424 bits per heavy atom. The Balaban J connectivity index is 1.04. The van der Waals surface area contributed by atoms with E-state index in [-0.39, 0.29) is 0 Å². The Morgan fingerprint density at radius 3 is 1.69 bits per heavy atom. The molecule has 0 unspecified atom stereocenters. The van der Waals surface area contributed by atoms with Crippen LogP contribution >= 0.6 is 11.8 Å². The van der Waals surface area contributed by atoms with Crippen molar-refractivity contribution in [2.45, 2.75) is 28.0 Å². The van der Waals surface area contributed by atoms with Crippen LogP contribution in [0.1, 0.15) is 44.5 Å². The number of fused-ring (bicyclic) bond motifs is 18. The average Bonchev–Trinajstić information content (AvgIpc) is 3.88. The van der Waals surface area contributed by atoms with Gasteiger partial charge in [0.05, 0.1) is 39.7 Å². The Hall–Kier alpha value is -7.01. The van der Waals surface area contributed by atoms with Gasteiger partial charge in [0.2, 0.25) is 0 Å². The van der Waals surface area contributed by atoms with Gasteiger partial charge in [0.1, 0.15) is 0 Å². The summed E-state index contributed by atoms with van der Waals surface area (Å²) < 4.78 is 2.37. The molecule has 0 atom stereocenters. The van der Waals surface area contributed by atoms with Gasteiger partial charge in [-0.1, -0.05) is 145 Å². The van der Waals surface area contributed by atoms with Crippen molar-refractivity contribution in [2.75, 3.05) is 0 Å². The summed E-state index contributed by atoms with van der Waals surface area (Å²) in [6, 6.07) is 65.3. The van der Waals surface area contributed by atoms with Crippen LogP contribution in [0.15, 0.2) is 198 Å². The van der Waals surface area contributed by atoms with Crippen molar-refractivity contribution in [1.29, 1.82) is 0 Å². The van der Waals surface area contributed by atoms with E-state index < -0.39 is 5.41 Å². The third kappa shape index (κ3) is 4.61. The first-order chi connectivity index (χ1) is 29.3. The zero-order valence-corrected chi connectivity index (χ0v) is 32.9. The summed E-state index contributed by atoms with van der Waals surface area (Å²) in [5, 5.41) is 2.49. The van der Waals surface area contributed by atoms with Crippen LogP contribution in [-0.2, 0) is 18.3 Å². The molecule has 1 spiro atoms. The van der Waals surface area contributed by atoms with Gasteiger partial charge >= 0.3 is 0 Å². The van der Waals surface area contributed by atoms with Crippen molar-refractivity contribution in [3.63, 3.8) is 0 Å². The lowest BCUT2D eigenvalue weighted by atomic mass is 9.70. The minimum absolute atomic E-state index is 0.400. The van der Waals surface area contributed by atoms with E-state index in [0.29, 0.717) is 0 Å². The number of para-hydroxylation sites is 2. The summed E-state index contributed by atoms with van der Waals surface area (Å²) in [4.78, 5) is 13.0. The smallest absolute Gasteiger partial charge is 0.0926 e. The number of pyridine rings is 2. The molecule has 3 aliphatic rings. The van der Waals surface area contributed by atoms with Gasteiger partial charge in [-0.15, -0.1) is 0 Å². The number of nitrogens with zero attached hydrogens (tertiary/aromatic N) is 3. The predicted octanol–water partition coefficient (Wildman–Crippen LogP) is 13.2. The van der Waals surface area contributed by atoms with Gasteiger partial charge in [0.25, 0.3) is 0 Å². The molecule has 276 valence electrons. The quantitative estimate of drug-likeness (QED) is 0.167. The van der Waals surface area contributed by atoms with Gasteiger partial charge in [0, 0.05) is 39.6 Å². The molecule has 4 heteroatoms. The van der Waals surface area contributed by atoms with Crippen LogP contribution < -0.4 is 0 Å². The number of aromatic nitrogens is 3. The molecule has 10 aromatic rings. The maximum atomic E-state index is 5.35. The highest BCUT2D eigenvalue weighted by Crippen LogP contribution is 2.63. The monoisotopic (exact) mass is 769 g/mol. The van der Waals surface area contributed by atoms with Crippen LogP contribution in [-0.4, -0.2) is 14.5 Å². The molecule has 0 radical (unpaired) electrons. The third-order valence-corrected chi connectivity index (χ3v) is 14.3. The van der Waals surface area contributed by atoms with E-state index in [1.165, 1.54) is 92.8 Å². The molecule has 3 nitrogen and oxygen atoms in total. The summed E-state index contributed by atoms with van der Waals surface area (Å²) in [5.41, 5.74) is 20.6. The normalized spacial score (nSPS) is 14.0. The Labute approximate surface area is 346 Å². The average molecular weight is 770 g/mol. The standard InChI is InChI=1S/C55H35N3S/c1-12-26-51-34(14-1)28-37-30-38(58-49-24-10-5-19-42(49)43-20-6-11-25-50(43)58)33-57-54(37)53-35(15-13-27-56-53)29-36-31-44-41-18-4-9-23-47(41)55(48(44)32-52(36)59-51)45-21-7-2-16-39(45)40-17-3-8-22-46(40)55/h1-27,30-33H,28-29H2. The highest BCUT2D eigenvalue weighted by Gasteiger charge is 2.51. The predicted molar refractivity (Wildman–Crippen MR) is 241 cm³/mol. The van der Waals surface area contributed by atoms with Crippen molar-refractivity contribution < 1.29 is 0 Å². The van der Waals surface area contributed by atoms with E-state index >= 15 is 0 Å². The fourth-order valence-electron chi connectivity index (χ4n) is 10.6. The molecule has 0 saturated carbocycles. The molecular weight excluding hydrogens is 735 g/mol. The molecule has 4 heterocycles. The van der Waals surface area contributed by atoms with E-state index in [9.17, 15) is 0 Å². The van der Waals surface area contributed by atoms with E-state index in [4.69, 9.17) is 9.97 Å². The van der Waals surface area contributed by atoms with Crippen LogP contribution in [0.25, 0.3) is 61.1 Å². The van der Waals surface area contributed by atoms with Gasteiger partial charge in [-0.2, -0.15) is 0 Å². The van der Waals surface area contributed by atoms with Crippen molar-refractivity contribution in [3.05, 3.63) is 233 Å². The summed E-state index contributed by atoms with van der Waals surface area (Å²) in [5.74, 6) is 0. The molecule has 13 rings (SSSR count). The molecule has 1 aliphatic heterocycles. The maximum absolute atomic E-state index is 5.35. The molecular formula is C55H35N3S. The minimum Gasteiger partial charge on any atom is -0.308 e. The lowest BCUT2D eigenvalue weighted by molar-refractivity contribution is 0.789. The van der Waals surface area contributed by atoms with Crippen molar-refractivity contribution >= 4 is 33.6 Å². The first-order valence-electron chi connectivity index (χ1n) is 20.4. The van der Waals surface area contributed by atoms with E-state index in [1.807, 2.05) is 24.2 Å². The first-order valence-corrected chi connectivity index (χ1v) is 21.2. The van der Waals surface area contributed by atoms with E-state index in [0.717, 1.165) is 35.5 Å². The maximum Gasteiger partial charge on any atom is 0.0926 e. The summed E-state index contributed by atoms with van der Waals surface area (Å²) in [6.45, 7) is 0. The zero-order chi connectivity index (χ0) is 38.7. The molecule has 59 heavy (non-hydrogen) atoms. The van der Waals surface area contributed by atoms with Gasteiger partial charge < -0.3 is 4.57 Å². The van der Waals surface area contributed by atoms with Crippen LogP contribution in [0.3, 0.4) is 0 Å². The molecule has 0 saturated heterocycles. The number of rotatable bonds is 1. The fourth-order valence-corrected chi connectivity index (χ4v) is 11.7. The van der Waals surface area contributed by atoms with Crippen LogP contribution in [0.4, 0.5) is 0 Å². The van der Waals surface area contributed by atoms with Gasteiger partial charge in [-0.05, 0) is 109 Å². The summed E-state index contributed by atoms with van der Waals surface area (Å²) in [6.07, 6.45) is 5.43. The molecule has 0 N–H and O–H groups in total. The number of hydrogen-bond donors (Lipinski definition) is 0. The molecule has 3 aromatic heterocycles. The van der Waals surface area contributed by atoms with Crippen LogP contribution in [0, 0.1) is 0 Å². The SMILES string of the molecule is c1ccc2c(c1)Cc1cc(-n3c4ccccc4c4ccccc43)cnc1-c1ncccc1Cc1cc3c(cc1S2)C1(c2ccccc2-c2ccccc21)c1ccccc1-3. The Bertz CT molecular complexity index is 3290. The summed E-state index contributed by atoms with van der Waals surface area (Å²) in [7, 11) is 0. The largest absolute Gasteiger partial charge is 0.308 e. The molecule has 0 bridgehead atoms. The topological polar surface area (TPSA) is 30.7 Å². The van der Waals surface area contributed by atoms with Crippen LogP contribution in [0.2, 0.25) is 0 Å². The second-order valence-electron chi connectivity index (χ2n) is 16.0. The lowest BCUT2D eigenvalue weighted by Crippen LogP contribution is -2.26. The van der Waals surface area contributed by atoms with Crippen molar-refractivity contribution in [2.24, 2.45) is 0 Å². The first kappa shape index (κ1) is 33.0. The van der Waals surface area contributed by atoms with E-state index in [1.54, 1.807) is 0 Å². The molecule has 7 aromatic carbocycles.